The first-order chi connectivity index (χ1) is 9.42. The van der Waals surface area contributed by atoms with Crippen LogP contribution in [0.3, 0.4) is 0 Å². The summed E-state index contributed by atoms with van der Waals surface area (Å²) in [5.74, 6) is 0.0759. The van der Waals surface area contributed by atoms with Crippen molar-refractivity contribution in [3.63, 3.8) is 0 Å². The molecule has 0 unspecified atom stereocenters. The van der Waals surface area contributed by atoms with Crippen LogP contribution < -0.4 is 4.72 Å². The van der Waals surface area contributed by atoms with E-state index in [9.17, 15) is 8.42 Å². The van der Waals surface area contributed by atoms with Gasteiger partial charge in [-0.25, -0.2) is 18.4 Å². The Labute approximate surface area is 121 Å². The van der Waals surface area contributed by atoms with E-state index in [1.807, 2.05) is 6.07 Å². The van der Waals surface area contributed by atoms with E-state index in [0.717, 1.165) is 6.33 Å². The number of nitrogens with zero attached hydrogens (tertiary/aromatic N) is 3. The van der Waals surface area contributed by atoms with Crippen molar-refractivity contribution < 1.29 is 8.42 Å². The van der Waals surface area contributed by atoms with E-state index in [1.165, 1.54) is 24.3 Å². The van der Waals surface area contributed by atoms with Gasteiger partial charge in [0.15, 0.2) is 0 Å². The van der Waals surface area contributed by atoms with Crippen LogP contribution in [-0.2, 0) is 10.0 Å². The zero-order valence-electron chi connectivity index (χ0n) is 10.3. The molecule has 0 saturated heterocycles. The van der Waals surface area contributed by atoms with Gasteiger partial charge in [-0.15, -0.1) is 0 Å². The van der Waals surface area contributed by atoms with Gasteiger partial charge in [-0.2, -0.15) is 5.26 Å². The fourth-order valence-electron chi connectivity index (χ4n) is 1.51. The number of rotatable bonds is 3. The third-order valence-electron chi connectivity index (χ3n) is 2.50. The number of aromatic nitrogens is 2. The van der Waals surface area contributed by atoms with Crippen LogP contribution in [0.2, 0.25) is 5.15 Å². The molecule has 20 heavy (non-hydrogen) atoms. The Balaban J connectivity index is 2.36. The van der Waals surface area contributed by atoms with Gasteiger partial charge >= 0.3 is 0 Å². The highest BCUT2D eigenvalue weighted by atomic mass is 35.5. The maximum atomic E-state index is 12.2. The molecule has 2 aromatic rings. The van der Waals surface area contributed by atoms with Crippen LogP contribution in [0.25, 0.3) is 0 Å². The minimum absolute atomic E-state index is 0.0451. The summed E-state index contributed by atoms with van der Waals surface area (Å²) in [5.41, 5.74) is 1.00. The van der Waals surface area contributed by atoms with Gasteiger partial charge < -0.3 is 0 Å². The van der Waals surface area contributed by atoms with Crippen LogP contribution in [0.1, 0.15) is 11.1 Å². The molecule has 0 fully saturated rings. The highest BCUT2D eigenvalue weighted by Crippen LogP contribution is 2.18. The highest BCUT2D eigenvalue weighted by molar-refractivity contribution is 7.92. The van der Waals surface area contributed by atoms with Crippen LogP contribution in [0.15, 0.2) is 35.5 Å². The van der Waals surface area contributed by atoms with Gasteiger partial charge in [-0.3, -0.25) is 4.72 Å². The van der Waals surface area contributed by atoms with Crippen molar-refractivity contribution in [2.75, 3.05) is 4.72 Å². The first-order valence-electron chi connectivity index (χ1n) is 5.43. The first-order valence-corrected chi connectivity index (χ1v) is 7.29. The predicted molar refractivity (Wildman–Crippen MR) is 73.7 cm³/mol. The smallest absolute Gasteiger partial charge is 0.263 e. The molecule has 6 nitrogen and oxygen atoms in total. The molecule has 0 spiro atoms. The molecule has 1 heterocycles. The Morgan fingerprint density at radius 2 is 2.05 bits per heavy atom. The number of sulfonamides is 1. The van der Waals surface area contributed by atoms with E-state index in [1.54, 1.807) is 6.92 Å². The second-order valence-electron chi connectivity index (χ2n) is 3.92. The third-order valence-corrected chi connectivity index (χ3v) is 4.06. The number of nitriles is 1. The van der Waals surface area contributed by atoms with E-state index in [4.69, 9.17) is 16.9 Å². The lowest BCUT2D eigenvalue weighted by Crippen LogP contribution is -2.14. The molecule has 0 aliphatic carbocycles. The van der Waals surface area contributed by atoms with Gasteiger partial charge in [-0.1, -0.05) is 11.6 Å². The number of halogens is 1. The van der Waals surface area contributed by atoms with Crippen LogP contribution in [0.4, 0.5) is 5.82 Å². The molecule has 0 aliphatic rings. The highest BCUT2D eigenvalue weighted by Gasteiger charge is 2.16. The Kier molecular flexibility index (Phi) is 3.88. The van der Waals surface area contributed by atoms with Crippen molar-refractivity contribution >= 4 is 27.4 Å². The summed E-state index contributed by atoms with van der Waals surface area (Å²) in [6.45, 7) is 1.67. The molecule has 102 valence electrons. The van der Waals surface area contributed by atoms with Crippen molar-refractivity contribution in [1.82, 2.24) is 9.97 Å². The zero-order chi connectivity index (χ0) is 14.8. The minimum Gasteiger partial charge on any atom is -0.263 e. The van der Waals surface area contributed by atoms with Crippen molar-refractivity contribution in [3.8, 4) is 6.07 Å². The van der Waals surface area contributed by atoms with Crippen LogP contribution >= 0.6 is 11.6 Å². The molecule has 8 heteroatoms. The molecule has 2 rings (SSSR count). The van der Waals surface area contributed by atoms with Crippen molar-refractivity contribution in [2.45, 2.75) is 11.8 Å². The zero-order valence-corrected chi connectivity index (χ0v) is 11.9. The molecule has 0 amide bonds. The summed E-state index contributed by atoms with van der Waals surface area (Å²) in [7, 11) is -3.79. The molecule has 0 aliphatic heterocycles. The van der Waals surface area contributed by atoms with Gasteiger partial charge in [-0.05, 0) is 30.7 Å². The Morgan fingerprint density at radius 3 is 2.65 bits per heavy atom. The number of aryl methyl sites for hydroxylation is 1. The fourth-order valence-corrected chi connectivity index (χ4v) is 2.75. The number of nitrogens with one attached hydrogen (secondary N) is 1. The molecular formula is C12H9ClN4O2S. The van der Waals surface area contributed by atoms with Gasteiger partial charge in [0.25, 0.3) is 10.0 Å². The average Bonchev–Trinajstić information content (AvgIpc) is 2.38. The molecular weight excluding hydrogens is 300 g/mol. The summed E-state index contributed by atoms with van der Waals surface area (Å²) in [5, 5.41) is 8.96. The summed E-state index contributed by atoms with van der Waals surface area (Å²) in [4.78, 5) is 7.48. The lowest BCUT2D eigenvalue weighted by Gasteiger charge is -2.08. The quantitative estimate of drug-likeness (QED) is 0.876. The van der Waals surface area contributed by atoms with Crippen molar-refractivity contribution in [3.05, 3.63) is 46.9 Å². The van der Waals surface area contributed by atoms with Gasteiger partial charge in [0.05, 0.1) is 16.5 Å². The van der Waals surface area contributed by atoms with E-state index < -0.39 is 10.0 Å². The van der Waals surface area contributed by atoms with E-state index in [2.05, 4.69) is 14.7 Å². The predicted octanol–water partition coefficient (Wildman–Crippen LogP) is 2.11. The monoisotopic (exact) mass is 308 g/mol. The van der Waals surface area contributed by atoms with E-state index >= 15 is 0 Å². The average molecular weight is 309 g/mol. The van der Waals surface area contributed by atoms with E-state index in [-0.39, 0.29) is 15.9 Å². The maximum absolute atomic E-state index is 12.2. The molecule has 1 aromatic heterocycles. The van der Waals surface area contributed by atoms with Crippen LogP contribution in [-0.4, -0.2) is 18.4 Å². The van der Waals surface area contributed by atoms with Gasteiger partial charge in [0, 0.05) is 6.07 Å². The second-order valence-corrected chi connectivity index (χ2v) is 5.99. The molecule has 1 N–H and O–H groups in total. The third kappa shape index (κ3) is 3.04. The topological polar surface area (TPSA) is 95.7 Å². The summed E-state index contributed by atoms with van der Waals surface area (Å²) >= 11 is 5.66. The first kappa shape index (κ1) is 14.2. The van der Waals surface area contributed by atoms with Gasteiger partial charge in [0.2, 0.25) is 0 Å². The largest absolute Gasteiger partial charge is 0.263 e. The standard InChI is InChI=1S/C12H9ClN4O2S/c1-8-4-10(3-2-9(8)6-14)20(18,19)17-12-5-11(13)15-7-16-12/h2-5,7H,1H3,(H,15,16,17). The SMILES string of the molecule is Cc1cc(S(=O)(=O)Nc2cc(Cl)ncn2)ccc1C#N. The van der Waals surface area contributed by atoms with Crippen molar-refractivity contribution in [1.29, 1.82) is 5.26 Å². The second kappa shape index (κ2) is 5.45. The van der Waals surface area contributed by atoms with E-state index in [0.29, 0.717) is 11.1 Å². The van der Waals surface area contributed by atoms with Crippen molar-refractivity contribution in [2.24, 2.45) is 0 Å². The van der Waals surface area contributed by atoms with Gasteiger partial charge in [0.1, 0.15) is 17.3 Å². The fraction of sp³-hybridized carbons (Fsp3) is 0.0833. The summed E-state index contributed by atoms with van der Waals surface area (Å²) < 4.78 is 26.6. The lowest BCUT2D eigenvalue weighted by molar-refractivity contribution is 0.601. The Bertz CT molecular complexity index is 799. The maximum Gasteiger partial charge on any atom is 0.263 e. The Hall–Kier alpha value is -2.17. The molecule has 0 atom stereocenters. The summed E-state index contributed by atoms with van der Waals surface area (Å²) in [6, 6.07) is 7.51. The Morgan fingerprint density at radius 1 is 1.30 bits per heavy atom. The number of hydrogen-bond acceptors (Lipinski definition) is 5. The molecule has 0 radical (unpaired) electrons. The molecule has 0 saturated carbocycles. The number of hydrogen-bond donors (Lipinski definition) is 1. The summed E-state index contributed by atoms with van der Waals surface area (Å²) in [6.07, 6.45) is 1.16. The normalized spacial score (nSPS) is 10.8. The minimum atomic E-state index is -3.79. The van der Waals surface area contributed by atoms with Crippen LogP contribution in [0, 0.1) is 18.3 Å². The number of anilines is 1. The molecule has 0 bridgehead atoms. The lowest BCUT2D eigenvalue weighted by atomic mass is 10.1. The van der Waals surface area contributed by atoms with Crippen LogP contribution in [0.5, 0.6) is 0 Å². The molecule has 1 aromatic carbocycles. The number of benzene rings is 1.